The molecule has 1 saturated heterocycles. The summed E-state index contributed by atoms with van der Waals surface area (Å²) in [6.45, 7) is 3.67. The number of rotatable bonds is 5. The Hall–Kier alpha value is -4.86. The number of non-ortho nitro benzene ring substituents is 1. The molecule has 2 aromatic carbocycles. The van der Waals surface area contributed by atoms with Gasteiger partial charge in [0.2, 0.25) is 11.8 Å². The molecule has 1 heterocycles. The van der Waals surface area contributed by atoms with Crippen molar-refractivity contribution in [2.24, 2.45) is 17.8 Å². The number of imide groups is 1. The topological polar surface area (TPSA) is 144 Å². The minimum absolute atomic E-state index is 0.0684. The summed E-state index contributed by atoms with van der Waals surface area (Å²) >= 11 is 0. The number of allylic oxidation sites excluding steroid dienone is 6. The number of amides is 2. The summed E-state index contributed by atoms with van der Waals surface area (Å²) in [5, 5.41) is 21.7. The van der Waals surface area contributed by atoms with E-state index in [-0.39, 0.29) is 47.3 Å². The van der Waals surface area contributed by atoms with E-state index in [1.807, 2.05) is 6.08 Å². The Kier molecular flexibility index (Phi) is 6.21. The van der Waals surface area contributed by atoms with Crippen LogP contribution in [0.5, 0.6) is 11.5 Å². The molecule has 10 nitrogen and oxygen atoms in total. The van der Waals surface area contributed by atoms with E-state index < -0.39 is 40.4 Å². The number of ketones is 2. The fourth-order valence-corrected chi connectivity index (χ4v) is 6.72. The summed E-state index contributed by atoms with van der Waals surface area (Å²) in [6, 6.07) is 10.2. The van der Waals surface area contributed by atoms with Crippen molar-refractivity contribution in [3.05, 3.63) is 92.6 Å². The number of nitro groups is 1. The minimum atomic E-state index is -0.809. The highest BCUT2D eigenvalue weighted by atomic mass is 16.6. The molecule has 2 amide bonds. The van der Waals surface area contributed by atoms with Gasteiger partial charge in [0.25, 0.3) is 5.69 Å². The van der Waals surface area contributed by atoms with Crippen molar-refractivity contribution in [1.82, 2.24) is 0 Å². The first kappa shape index (κ1) is 26.4. The van der Waals surface area contributed by atoms with E-state index in [0.717, 1.165) is 10.5 Å². The quantitative estimate of drug-likeness (QED) is 0.189. The molecule has 0 spiro atoms. The van der Waals surface area contributed by atoms with E-state index in [1.165, 1.54) is 36.4 Å². The molecule has 0 aromatic heterocycles. The Morgan fingerprint density at radius 2 is 1.85 bits per heavy atom. The number of anilines is 1. The Labute approximate surface area is 234 Å². The van der Waals surface area contributed by atoms with Crippen LogP contribution in [-0.2, 0) is 19.2 Å². The Morgan fingerprint density at radius 3 is 2.59 bits per heavy atom. The maximum absolute atomic E-state index is 13.9. The first-order chi connectivity index (χ1) is 19.6. The van der Waals surface area contributed by atoms with Crippen molar-refractivity contribution in [2.45, 2.75) is 32.6 Å². The fourth-order valence-electron chi connectivity index (χ4n) is 6.72. The first-order valence-corrected chi connectivity index (χ1v) is 13.4. The first-order valence-electron chi connectivity index (χ1n) is 13.4. The molecule has 41 heavy (non-hydrogen) atoms. The number of benzene rings is 2. The third-order valence-electron chi connectivity index (χ3n) is 8.48. The van der Waals surface area contributed by atoms with E-state index in [0.29, 0.717) is 28.9 Å². The lowest BCUT2D eigenvalue weighted by Gasteiger charge is -2.42. The molecular formula is C31H26N2O8. The number of fused-ring (bicyclic) bond motifs is 3. The Morgan fingerprint density at radius 1 is 1.07 bits per heavy atom. The number of ether oxygens (including phenoxy) is 1. The molecule has 3 aliphatic carbocycles. The number of phenols is 1. The summed E-state index contributed by atoms with van der Waals surface area (Å²) in [5.41, 5.74) is 2.24. The van der Waals surface area contributed by atoms with Crippen LogP contribution >= 0.6 is 0 Å². The second-order valence-electron chi connectivity index (χ2n) is 10.7. The Bertz CT molecular complexity index is 1670. The minimum Gasteiger partial charge on any atom is -0.504 e. The van der Waals surface area contributed by atoms with Crippen LogP contribution in [0.3, 0.4) is 0 Å². The predicted octanol–water partition coefficient (Wildman–Crippen LogP) is 4.33. The monoisotopic (exact) mass is 554 g/mol. The van der Waals surface area contributed by atoms with Crippen molar-refractivity contribution in [1.29, 1.82) is 0 Å². The normalized spacial score (nSPS) is 25.4. The second kappa shape index (κ2) is 9.65. The SMILES string of the molecule is CCOc1cc([C@H]2C3=CC[C@@H]4C(=O)N(c5cccc([N+](=O)[O-])c5)C(=O)[C@@H]4[C@@H]3CC3=C2C(=O)C(C)=CC3=O)ccc1O. The molecule has 0 bridgehead atoms. The molecular weight excluding hydrogens is 528 g/mol. The molecule has 6 rings (SSSR count). The molecule has 1 aliphatic heterocycles. The number of hydrogen-bond donors (Lipinski definition) is 1. The average molecular weight is 555 g/mol. The average Bonchev–Trinajstić information content (AvgIpc) is 3.21. The van der Waals surface area contributed by atoms with E-state index in [4.69, 9.17) is 4.74 Å². The van der Waals surface area contributed by atoms with Gasteiger partial charge in [-0.3, -0.25) is 29.3 Å². The van der Waals surface area contributed by atoms with Crippen molar-refractivity contribution < 1.29 is 33.9 Å². The molecule has 1 N–H and O–H groups in total. The number of Topliss-reactive ketones (excluding diaryl/α,β-unsaturated/α-hetero) is 1. The molecule has 0 radical (unpaired) electrons. The van der Waals surface area contributed by atoms with Crippen LogP contribution in [0.1, 0.15) is 38.2 Å². The maximum atomic E-state index is 13.9. The van der Waals surface area contributed by atoms with Gasteiger partial charge in [-0.15, -0.1) is 0 Å². The lowest BCUT2D eigenvalue weighted by Crippen LogP contribution is -2.39. The Balaban J connectivity index is 1.47. The van der Waals surface area contributed by atoms with E-state index in [9.17, 15) is 34.4 Å². The van der Waals surface area contributed by atoms with Crippen LogP contribution < -0.4 is 9.64 Å². The standard InChI is InChI=1S/C31H26N2O8/c1-3-41-25-12-16(7-10-23(25)34)26-19-8-9-20-27(21(19)14-22-24(35)11-15(2)29(36)28(22)26)31(38)32(30(20)37)17-5-4-6-18(13-17)33(39)40/h4-8,10-13,20-21,26-27,34H,3,9,14H2,1-2H3/t20-,21+,26-,27-/m0/s1. The van der Waals surface area contributed by atoms with Crippen molar-refractivity contribution in [3.63, 3.8) is 0 Å². The highest BCUT2D eigenvalue weighted by molar-refractivity contribution is 6.25. The third-order valence-corrected chi connectivity index (χ3v) is 8.48. The highest BCUT2D eigenvalue weighted by Crippen LogP contribution is 2.56. The molecule has 4 aliphatic rings. The van der Waals surface area contributed by atoms with Crippen LogP contribution in [0.2, 0.25) is 0 Å². The zero-order valence-corrected chi connectivity index (χ0v) is 22.3. The summed E-state index contributed by atoms with van der Waals surface area (Å²) < 4.78 is 5.60. The van der Waals surface area contributed by atoms with Gasteiger partial charge < -0.3 is 9.84 Å². The van der Waals surface area contributed by atoms with Gasteiger partial charge in [-0.2, -0.15) is 0 Å². The molecule has 10 heteroatoms. The van der Waals surface area contributed by atoms with Crippen LogP contribution in [0.15, 0.2) is 76.9 Å². The van der Waals surface area contributed by atoms with E-state index in [1.54, 1.807) is 26.0 Å². The third kappa shape index (κ3) is 4.01. The lowest BCUT2D eigenvalue weighted by atomic mass is 9.59. The van der Waals surface area contributed by atoms with Gasteiger partial charge >= 0.3 is 0 Å². The van der Waals surface area contributed by atoms with Gasteiger partial charge in [-0.05, 0) is 62.4 Å². The van der Waals surface area contributed by atoms with E-state index >= 15 is 0 Å². The summed E-state index contributed by atoms with van der Waals surface area (Å²) in [6.07, 6.45) is 3.55. The number of aromatic hydroxyl groups is 1. The maximum Gasteiger partial charge on any atom is 0.271 e. The van der Waals surface area contributed by atoms with Crippen molar-refractivity contribution in [3.8, 4) is 11.5 Å². The zero-order chi connectivity index (χ0) is 29.2. The predicted molar refractivity (Wildman–Crippen MR) is 146 cm³/mol. The van der Waals surface area contributed by atoms with Crippen LogP contribution in [0, 0.1) is 27.9 Å². The van der Waals surface area contributed by atoms with Gasteiger partial charge in [-0.1, -0.05) is 23.8 Å². The zero-order valence-electron chi connectivity index (χ0n) is 22.3. The van der Waals surface area contributed by atoms with Gasteiger partial charge in [0, 0.05) is 34.8 Å². The smallest absolute Gasteiger partial charge is 0.271 e. The van der Waals surface area contributed by atoms with Gasteiger partial charge in [0.1, 0.15) is 0 Å². The number of nitrogens with zero attached hydrogens (tertiary/aromatic N) is 2. The summed E-state index contributed by atoms with van der Waals surface area (Å²) in [7, 11) is 0. The van der Waals surface area contributed by atoms with Crippen LogP contribution in [0.4, 0.5) is 11.4 Å². The number of phenolic OH excluding ortho intramolecular Hbond substituents is 1. The summed E-state index contributed by atoms with van der Waals surface area (Å²) in [4.78, 5) is 66.1. The van der Waals surface area contributed by atoms with Gasteiger partial charge in [0.15, 0.2) is 23.1 Å². The second-order valence-corrected chi connectivity index (χ2v) is 10.7. The van der Waals surface area contributed by atoms with Gasteiger partial charge in [-0.25, -0.2) is 4.90 Å². The van der Waals surface area contributed by atoms with E-state index in [2.05, 4.69) is 0 Å². The lowest BCUT2D eigenvalue weighted by molar-refractivity contribution is -0.384. The number of nitro benzene ring substituents is 1. The number of hydrogen-bond acceptors (Lipinski definition) is 8. The van der Waals surface area contributed by atoms with Crippen LogP contribution in [-0.4, -0.2) is 40.0 Å². The van der Waals surface area contributed by atoms with Crippen LogP contribution in [0.25, 0.3) is 0 Å². The fraction of sp³-hybridized carbons (Fsp3) is 0.290. The molecule has 1 fully saturated rings. The van der Waals surface area contributed by atoms with Crippen molar-refractivity contribution >= 4 is 34.8 Å². The number of carbonyl (C=O) groups is 4. The number of carbonyl (C=O) groups excluding carboxylic acids is 4. The largest absolute Gasteiger partial charge is 0.504 e. The molecule has 0 unspecified atom stereocenters. The molecule has 2 aromatic rings. The molecule has 4 atom stereocenters. The molecule has 0 saturated carbocycles. The molecule has 208 valence electrons. The van der Waals surface area contributed by atoms with Crippen molar-refractivity contribution in [2.75, 3.05) is 11.5 Å². The summed E-state index contributed by atoms with van der Waals surface area (Å²) in [5.74, 6) is -4.08. The van der Waals surface area contributed by atoms with Gasteiger partial charge in [0.05, 0.1) is 29.1 Å². The highest BCUT2D eigenvalue weighted by Gasteiger charge is 2.56.